The topological polar surface area (TPSA) is 63.0 Å². The number of phenols is 1. The van der Waals surface area contributed by atoms with Gasteiger partial charge in [-0.3, -0.25) is 0 Å². The van der Waals surface area contributed by atoms with Gasteiger partial charge in [0.15, 0.2) is 0 Å². The van der Waals surface area contributed by atoms with Gasteiger partial charge >= 0.3 is 0 Å². The van der Waals surface area contributed by atoms with Gasteiger partial charge in [-0.05, 0) is 31.5 Å². The van der Waals surface area contributed by atoms with Crippen LogP contribution in [0.1, 0.15) is 37.3 Å². The van der Waals surface area contributed by atoms with Crippen LogP contribution in [0, 0.1) is 0 Å². The average Bonchev–Trinajstić information content (AvgIpc) is 2.75. The van der Waals surface area contributed by atoms with Crippen LogP contribution in [0.15, 0.2) is 30.6 Å². The first-order valence-corrected chi connectivity index (χ1v) is 5.97. The number of aromatic hydroxyl groups is 1. The zero-order valence-electron chi connectivity index (χ0n) is 10.8. The molecule has 5 heteroatoms. The molecule has 2 atom stereocenters. The van der Waals surface area contributed by atoms with Gasteiger partial charge in [-0.25, -0.2) is 0 Å². The summed E-state index contributed by atoms with van der Waals surface area (Å²) in [5.74, 6) is 1.18. The van der Waals surface area contributed by atoms with E-state index in [1.165, 1.54) is 0 Å². The van der Waals surface area contributed by atoms with Gasteiger partial charge in [0.25, 0.3) is 0 Å². The molecule has 0 radical (unpaired) electrons. The molecular weight excluding hydrogens is 228 g/mol. The first-order chi connectivity index (χ1) is 8.58. The fourth-order valence-corrected chi connectivity index (χ4v) is 2.02. The Hall–Kier alpha value is -1.88. The minimum Gasteiger partial charge on any atom is -0.508 e. The summed E-state index contributed by atoms with van der Waals surface area (Å²) in [4.78, 5) is 0. The zero-order valence-corrected chi connectivity index (χ0v) is 10.8. The molecule has 2 rings (SSSR count). The lowest BCUT2D eigenvalue weighted by atomic mass is 10.1. The van der Waals surface area contributed by atoms with Gasteiger partial charge in [-0.15, -0.1) is 10.2 Å². The van der Waals surface area contributed by atoms with Crippen molar-refractivity contribution in [3.63, 3.8) is 0 Å². The van der Waals surface area contributed by atoms with Crippen molar-refractivity contribution in [2.24, 2.45) is 7.05 Å². The molecule has 2 N–H and O–H groups in total. The molecule has 2 unspecified atom stereocenters. The maximum Gasteiger partial charge on any atom is 0.149 e. The molecule has 2 aromatic rings. The van der Waals surface area contributed by atoms with Crippen molar-refractivity contribution in [2.45, 2.75) is 25.9 Å². The predicted molar refractivity (Wildman–Crippen MR) is 69.1 cm³/mol. The van der Waals surface area contributed by atoms with E-state index in [-0.39, 0.29) is 17.8 Å². The first kappa shape index (κ1) is 12.6. The Balaban J connectivity index is 2.08. The summed E-state index contributed by atoms with van der Waals surface area (Å²) in [5.41, 5.74) is 1.05. The molecule has 1 aromatic carbocycles. The minimum atomic E-state index is 0.0925. The normalized spacial score (nSPS) is 14.4. The van der Waals surface area contributed by atoms with Crippen molar-refractivity contribution in [1.29, 1.82) is 0 Å². The van der Waals surface area contributed by atoms with Crippen molar-refractivity contribution in [1.82, 2.24) is 20.1 Å². The fourth-order valence-electron chi connectivity index (χ4n) is 2.02. The van der Waals surface area contributed by atoms with Gasteiger partial charge in [0.05, 0.1) is 6.04 Å². The van der Waals surface area contributed by atoms with Gasteiger partial charge in [-0.1, -0.05) is 12.1 Å². The van der Waals surface area contributed by atoms with E-state index < -0.39 is 0 Å². The number of hydrogen-bond acceptors (Lipinski definition) is 4. The van der Waals surface area contributed by atoms with Crippen LogP contribution in [-0.4, -0.2) is 19.9 Å². The summed E-state index contributed by atoms with van der Waals surface area (Å²) in [6, 6.07) is 7.48. The fraction of sp³-hybridized carbons (Fsp3) is 0.385. The van der Waals surface area contributed by atoms with E-state index in [1.54, 1.807) is 18.5 Å². The number of aryl methyl sites for hydroxylation is 1. The molecule has 0 bridgehead atoms. The van der Waals surface area contributed by atoms with E-state index in [1.807, 2.05) is 30.7 Å². The van der Waals surface area contributed by atoms with Crippen molar-refractivity contribution in [2.75, 3.05) is 0 Å². The summed E-state index contributed by atoms with van der Waals surface area (Å²) in [7, 11) is 1.92. The maximum absolute atomic E-state index is 9.47. The number of nitrogens with one attached hydrogen (secondary N) is 1. The number of phenolic OH excluding ortho intramolecular Hbond substituents is 1. The molecule has 5 nitrogen and oxygen atoms in total. The molecule has 0 saturated carbocycles. The lowest BCUT2D eigenvalue weighted by Crippen LogP contribution is -2.24. The Morgan fingerprint density at radius 1 is 1.28 bits per heavy atom. The first-order valence-electron chi connectivity index (χ1n) is 5.97. The van der Waals surface area contributed by atoms with Crippen LogP contribution in [-0.2, 0) is 7.05 Å². The average molecular weight is 246 g/mol. The summed E-state index contributed by atoms with van der Waals surface area (Å²) in [6.45, 7) is 4.10. The number of nitrogens with zero attached hydrogens (tertiary/aromatic N) is 3. The van der Waals surface area contributed by atoms with Crippen LogP contribution < -0.4 is 5.32 Å². The Morgan fingerprint density at radius 2 is 2.06 bits per heavy atom. The third-order valence-electron chi connectivity index (χ3n) is 3.00. The van der Waals surface area contributed by atoms with E-state index >= 15 is 0 Å². The van der Waals surface area contributed by atoms with Crippen LogP contribution in [0.4, 0.5) is 0 Å². The molecule has 18 heavy (non-hydrogen) atoms. The van der Waals surface area contributed by atoms with Gasteiger partial charge in [0.2, 0.25) is 0 Å². The number of benzene rings is 1. The Morgan fingerprint density at radius 3 is 2.67 bits per heavy atom. The summed E-state index contributed by atoms with van der Waals surface area (Å²) >= 11 is 0. The highest BCUT2D eigenvalue weighted by molar-refractivity contribution is 5.29. The van der Waals surface area contributed by atoms with E-state index in [0.717, 1.165) is 11.4 Å². The lowest BCUT2D eigenvalue weighted by molar-refractivity contribution is 0.456. The van der Waals surface area contributed by atoms with Crippen molar-refractivity contribution in [3.8, 4) is 5.75 Å². The third-order valence-corrected chi connectivity index (χ3v) is 3.00. The minimum absolute atomic E-state index is 0.0925. The van der Waals surface area contributed by atoms with E-state index in [0.29, 0.717) is 0 Å². The summed E-state index contributed by atoms with van der Waals surface area (Å²) in [6.07, 6.45) is 1.69. The Kier molecular flexibility index (Phi) is 3.62. The van der Waals surface area contributed by atoms with Crippen LogP contribution in [0.2, 0.25) is 0 Å². The zero-order chi connectivity index (χ0) is 13.1. The molecule has 0 saturated heterocycles. The van der Waals surface area contributed by atoms with Crippen molar-refractivity contribution >= 4 is 0 Å². The molecule has 1 aromatic heterocycles. The smallest absolute Gasteiger partial charge is 0.149 e. The van der Waals surface area contributed by atoms with Crippen molar-refractivity contribution in [3.05, 3.63) is 42.0 Å². The molecular formula is C13H18N4O. The summed E-state index contributed by atoms with van der Waals surface area (Å²) < 4.78 is 1.90. The third kappa shape index (κ3) is 2.68. The van der Waals surface area contributed by atoms with Crippen LogP contribution in [0.25, 0.3) is 0 Å². The second-order valence-corrected chi connectivity index (χ2v) is 4.51. The van der Waals surface area contributed by atoms with Gasteiger partial charge in [0, 0.05) is 13.1 Å². The number of hydrogen-bond donors (Lipinski definition) is 2. The quantitative estimate of drug-likeness (QED) is 0.865. The molecule has 0 spiro atoms. The molecule has 1 heterocycles. The molecule has 0 aliphatic rings. The molecule has 0 fully saturated rings. The monoisotopic (exact) mass is 246 g/mol. The highest BCUT2D eigenvalue weighted by atomic mass is 16.3. The van der Waals surface area contributed by atoms with Crippen LogP contribution >= 0.6 is 0 Å². The Bertz CT molecular complexity index is 523. The second-order valence-electron chi connectivity index (χ2n) is 4.51. The molecule has 96 valence electrons. The predicted octanol–water partition coefficient (Wildman–Crippen LogP) is 1.93. The molecule has 0 amide bonds. The molecule has 0 aliphatic carbocycles. The SMILES string of the molecule is CC(NC(C)c1nncn1C)c1cccc(O)c1. The number of aromatic nitrogens is 3. The molecule has 0 aliphatic heterocycles. The number of rotatable bonds is 4. The van der Waals surface area contributed by atoms with Crippen molar-refractivity contribution < 1.29 is 5.11 Å². The lowest BCUT2D eigenvalue weighted by Gasteiger charge is -2.19. The summed E-state index contributed by atoms with van der Waals surface area (Å²) in [5, 5.41) is 20.9. The maximum atomic E-state index is 9.47. The van der Waals surface area contributed by atoms with Gasteiger partial charge < -0.3 is 15.0 Å². The highest BCUT2D eigenvalue weighted by Crippen LogP contribution is 2.20. The van der Waals surface area contributed by atoms with E-state index in [9.17, 15) is 5.11 Å². The Labute approximate surface area is 106 Å². The van der Waals surface area contributed by atoms with Gasteiger partial charge in [-0.2, -0.15) is 0 Å². The largest absolute Gasteiger partial charge is 0.508 e. The standard InChI is InChI=1S/C13H18N4O/c1-9(11-5-4-6-12(18)7-11)15-10(2)13-16-14-8-17(13)3/h4-10,15,18H,1-3H3. The van der Waals surface area contributed by atoms with Crippen LogP contribution in [0.5, 0.6) is 5.75 Å². The van der Waals surface area contributed by atoms with E-state index in [4.69, 9.17) is 0 Å². The highest BCUT2D eigenvalue weighted by Gasteiger charge is 2.15. The second kappa shape index (κ2) is 5.18. The van der Waals surface area contributed by atoms with Crippen LogP contribution in [0.3, 0.4) is 0 Å². The van der Waals surface area contributed by atoms with E-state index in [2.05, 4.69) is 22.4 Å². The van der Waals surface area contributed by atoms with Gasteiger partial charge in [0.1, 0.15) is 17.9 Å².